The summed E-state index contributed by atoms with van der Waals surface area (Å²) >= 11 is 0. The van der Waals surface area contributed by atoms with Crippen molar-refractivity contribution in [1.29, 1.82) is 0 Å². The Balaban J connectivity index is 1.84. The zero-order chi connectivity index (χ0) is 14.4. The first-order chi connectivity index (χ1) is 9.66. The highest BCUT2D eigenvalue weighted by Crippen LogP contribution is 2.08. The number of para-hydroxylation sites is 1. The average molecular weight is 274 g/mol. The van der Waals surface area contributed by atoms with E-state index in [1.54, 1.807) is 7.05 Å². The third-order valence-corrected chi connectivity index (χ3v) is 2.76. The maximum absolute atomic E-state index is 12.7. The molecule has 0 radical (unpaired) electrons. The van der Waals surface area contributed by atoms with E-state index < -0.39 is 5.95 Å². The summed E-state index contributed by atoms with van der Waals surface area (Å²) in [4.78, 5) is 17.0. The summed E-state index contributed by atoms with van der Waals surface area (Å²) in [6, 6.07) is 12.0. The van der Waals surface area contributed by atoms with Crippen LogP contribution in [-0.2, 0) is 0 Å². The SMILES string of the molecule is CN(CCOc1ccccc1)C(=O)c1ccc(F)nc1. The van der Waals surface area contributed by atoms with E-state index in [0.717, 1.165) is 5.75 Å². The highest BCUT2D eigenvalue weighted by molar-refractivity contribution is 5.93. The number of hydrogen-bond acceptors (Lipinski definition) is 3. The van der Waals surface area contributed by atoms with Crippen LogP contribution in [0.2, 0.25) is 0 Å². The molecule has 2 rings (SSSR count). The average Bonchev–Trinajstić information content (AvgIpc) is 2.48. The molecule has 20 heavy (non-hydrogen) atoms. The van der Waals surface area contributed by atoms with Crippen molar-refractivity contribution in [2.24, 2.45) is 0 Å². The fraction of sp³-hybridized carbons (Fsp3) is 0.200. The van der Waals surface area contributed by atoms with E-state index in [0.29, 0.717) is 18.7 Å². The van der Waals surface area contributed by atoms with Gasteiger partial charge in [0.1, 0.15) is 12.4 Å². The van der Waals surface area contributed by atoms with Crippen molar-refractivity contribution >= 4 is 5.91 Å². The van der Waals surface area contributed by atoms with Crippen LogP contribution in [0.4, 0.5) is 4.39 Å². The van der Waals surface area contributed by atoms with E-state index in [-0.39, 0.29) is 5.91 Å². The third-order valence-electron chi connectivity index (χ3n) is 2.76. The number of carbonyl (C=O) groups excluding carboxylic acids is 1. The summed E-state index contributed by atoms with van der Waals surface area (Å²) in [7, 11) is 1.67. The van der Waals surface area contributed by atoms with Crippen LogP contribution in [0.3, 0.4) is 0 Å². The lowest BCUT2D eigenvalue weighted by atomic mass is 10.2. The van der Waals surface area contributed by atoms with Crippen LogP contribution >= 0.6 is 0 Å². The summed E-state index contributed by atoms with van der Waals surface area (Å²) < 4.78 is 18.2. The van der Waals surface area contributed by atoms with Crippen LogP contribution in [0.5, 0.6) is 5.75 Å². The molecule has 0 aliphatic heterocycles. The molecule has 1 aromatic carbocycles. The van der Waals surface area contributed by atoms with Crippen LogP contribution in [0, 0.1) is 5.95 Å². The summed E-state index contributed by atoms with van der Waals surface area (Å²) in [6.07, 6.45) is 1.23. The molecule has 0 aliphatic carbocycles. The predicted octanol–water partition coefficient (Wildman–Crippen LogP) is 2.37. The second-order valence-corrected chi connectivity index (χ2v) is 4.26. The quantitative estimate of drug-likeness (QED) is 0.786. The highest BCUT2D eigenvalue weighted by atomic mass is 19.1. The Morgan fingerprint density at radius 2 is 2.00 bits per heavy atom. The molecule has 0 atom stereocenters. The van der Waals surface area contributed by atoms with Gasteiger partial charge < -0.3 is 9.64 Å². The van der Waals surface area contributed by atoms with E-state index in [1.807, 2.05) is 30.3 Å². The number of pyridine rings is 1. The van der Waals surface area contributed by atoms with Gasteiger partial charge in [-0.15, -0.1) is 0 Å². The Kier molecular flexibility index (Phi) is 4.65. The normalized spacial score (nSPS) is 10.1. The zero-order valence-corrected chi connectivity index (χ0v) is 11.1. The summed E-state index contributed by atoms with van der Waals surface area (Å²) in [5, 5.41) is 0. The van der Waals surface area contributed by atoms with Crippen molar-refractivity contribution in [3.63, 3.8) is 0 Å². The third kappa shape index (κ3) is 3.78. The molecule has 5 heteroatoms. The van der Waals surface area contributed by atoms with Gasteiger partial charge in [-0.05, 0) is 24.3 Å². The van der Waals surface area contributed by atoms with Crippen molar-refractivity contribution in [2.75, 3.05) is 20.2 Å². The van der Waals surface area contributed by atoms with Gasteiger partial charge in [-0.1, -0.05) is 18.2 Å². The second-order valence-electron chi connectivity index (χ2n) is 4.26. The highest BCUT2D eigenvalue weighted by Gasteiger charge is 2.12. The van der Waals surface area contributed by atoms with Gasteiger partial charge in [0.25, 0.3) is 5.91 Å². The summed E-state index contributed by atoms with van der Waals surface area (Å²) in [5.41, 5.74) is 0.355. The molecule has 0 saturated heterocycles. The van der Waals surface area contributed by atoms with E-state index >= 15 is 0 Å². The van der Waals surface area contributed by atoms with Crippen molar-refractivity contribution in [2.45, 2.75) is 0 Å². The van der Waals surface area contributed by atoms with Crippen molar-refractivity contribution in [1.82, 2.24) is 9.88 Å². The molecular weight excluding hydrogens is 259 g/mol. The Bertz CT molecular complexity index is 558. The molecule has 0 unspecified atom stereocenters. The molecule has 1 amide bonds. The lowest BCUT2D eigenvalue weighted by Crippen LogP contribution is -2.31. The van der Waals surface area contributed by atoms with E-state index in [1.165, 1.54) is 23.2 Å². The van der Waals surface area contributed by atoms with Gasteiger partial charge in [-0.25, -0.2) is 4.98 Å². The topological polar surface area (TPSA) is 42.4 Å². The van der Waals surface area contributed by atoms with Crippen LogP contribution in [0.1, 0.15) is 10.4 Å². The van der Waals surface area contributed by atoms with Gasteiger partial charge in [0.2, 0.25) is 5.95 Å². The first-order valence-electron chi connectivity index (χ1n) is 6.21. The number of rotatable bonds is 5. The smallest absolute Gasteiger partial charge is 0.255 e. The Labute approximate surface area is 116 Å². The van der Waals surface area contributed by atoms with E-state index in [9.17, 15) is 9.18 Å². The maximum Gasteiger partial charge on any atom is 0.255 e. The van der Waals surface area contributed by atoms with Crippen LogP contribution in [0.15, 0.2) is 48.7 Å². The van der Waals surface area contributed by atoms with Crippen molar-refractivity contribution in [3.8, 4) is 5.75 Å². The van der Waals surface area contributed by atoms with Crippen molar-refractivity contribution in [3.05, 3.63) is 60.2 Å². The first kappa shape index (κ1) is 14.0. The standard InChI is InChI=1S/C15H15FN2O2/c1-18(9-10-20-13-5-3-2-4-6-13)15(19)12-7-8-14(16)17-11-12/h2-8,11H,9-10H2,1H3. The molecule has 0 N–H and O–H groups in total. The molecular formula is C15H15FN2O2. The summed E-state index contributed by atoms with van der Waals surface area (Å²) in [5.74, 6) is -0.0532. The maximum atomic E-state index is 12.7. The second kappa shape index (κ2) is 6.65. The number of carbonyl (C=O) groups is 1. The number of ether oxygens (including phenoxy) is 1. The molecule has 0 fully saturated rings. The summed E-state index contributed by atoms with van der Waals surface area (Å²) in [6.45, 7) is 0.825. The number of nitrogens with zero attached hydrogens (tertiary/aromatic N) is 2. The van der Waals surface area contributed by atoms with E-state index in [4.69, 9.17) is 4.74 Å². The Hall–Kier alpha value is -2.43. The largest absolute Gasteiger partial charge is 0.492 e. The number of halogens is 1. The molecule has 1 aromatic heterocycles. The van der Waals surface area contributed by atoms with Gasteiger partial charge in [0.05, 0.1) is 12.1 Å². The number of amides is 1. The zero-order valence-electron chi connectivity index (χ0n) is 11.1. The molecule has 0 bridgehead atoms. The lowest BCUT2D eigenvalue weighted by molar-refractivity contribution is 0.0773. The molecule has 0 spiro atoms. The Morgan fingerprint density at radius 3 is 2.65 bits per heavy atom. The van der Waals surface area contributed by atoms with Gasteiger partial charge >= 0.3 is 0 Å². The minimum atomic E-state index is -0.600. The number of aromatic nitrogens is 1. The molecule has 104 valence electrons. The van der Waals surface area contributed by atoms with E-state index in [2.05, 4.69) is 4.98 Å². The molecule has 4 nitrogen and oxygen atoms in total. The minimum Gasteiger partial charge on any atom is -0.492 e. The van der Waals surface area contributed by atoms with Gasteiger partial charge in [0.15, 0.2) is 0 Å². The van der Waals surface area contributed by atoms with Gasteiger partial charge in [-0.2, -0.15) is 4.39 Å². The number of likely N-dealkylation sites (N-methyl/N-ethyl adjacent to an activating group) is 1. The molecule has 1 heterocycles. The lowest BCUT2D eigenvalue weighted by Gasteiger charge is -2.17. The Morgan fingerprint density at radius 1 is 1.25 bits per heavy atom. The monoisotopic (exact) mass is 274 g/mol. The van der Waals surface area contributed by atoms with Crippen LogP contribution in [-0.4, -0.2) is 36.0 Å². The molecule has 0 saturated carbocycles. The fourth-order valence-electron chi connectivity index (χ4n) is 1.64. The van der Waals surface area contributed by atoms with Crippen molar-refractivity contribution < 1.29 is 13.9 Å². The van der Waals surface area contributed by atoms with Gasteiger partial charge in [0, 0.05) is 13.2 Å². The number of hydrogen-bond donors (Lipinski definition) is 0. The van der Waals surface area contributed by atoms with Crippen LogP contribution < -0.4 is 4.74 Å². The first-order valence-corrected chi connectivity index (χ1v) is 6.21. The molecule has 0 aliphatic rings. The minimum absolute atomic E-state index is 0.214. The van der Waals surface area contributed by atoms with Crippen LogP contribution in [0.25, 0.3) is 0 Å². The van der Waals surface area contributed by atoms with Gasteiger partial charge in [-0.3, -0.25) is 4.79 Å². The predicted molar refractivity (Wildman–Crippen MR) is 73.1 cm³/mol. The number of benzene rings is 1. The molecule has 2 aromatic rings. The fourth-order valence-corrected chi connectivity index (χ4v) is 1.64.